The van der Waals surface area contributed by atoms with Crippen molar-refractivity contribution in [1.29, 1.82) is 0 Å². The van der Waals surface area contributed by atoms with Crippen LogP contribution >= 0.6 is 0 Å². The van der Waals surface area contributed by atoms with Gasteiger partial charge in [0, 0.05) is 31.8 Å². The summed E-state index contributed by atoms with van der Waals surface area (Å²) >= 11 is 0. The zero-order valence-electron chi connectivity index (χ0n) is 11.8. The minimum Gasteiger partial charge on any atom is -0.396 e. The molecule has 1 atom stereocenters. The Morgan fingerprint density at radius 1 is 1.29 bits per heavy atom. The molecule has 0 aromatic heterocycles. The van der Waals surface area contributed by atoms with Crippen molar-refractivity contribution in [2.75, 3.05) is 26.2 Å². The topological polar surface area (TPSA) is 35.5 Å². The molecule has 0 heterocycles. The van der Waals surface area contributed by atoms with Crippen LogP contribution in [0.2, 0.25) is 0 Å². The van der Waals surface area contributed by atoms with Gasteiger partial charge in [0.15, 0.2) is 0 Å². The molecule has 0 aromatic rings. The lowest BCUT2D eigenvalue weighted by molar-refractivity contribution is 0.100. The Morgan fingerprint density at radius 2 is 2.00 bits per heavy atom. The molecular weight excluding hydrogens is 212 g/mol. The number of aliphatic hydroxyl groups excluding tert-OH is 1. The fourth-order valence-corrected chi connectivity index (χ4v) is 2.35. The molecule has 1 unspecified atom stereocenters. The van der Waals surface area contributed by atoms with Crippen LogP contribution in [-0.4, -0.2) is 48.3 Å². The molecule has 0 bridgehead atoms. The molecule has 0 amide bonds. The summed E-state index contributed by atoms with van der Waals surface area (Å²) in [5.41, 5.74) is 0. The summed E-state index contributed by atoms with van der Waals surface area (Å²) in [6.45, 7) is 10.4. The third kappa shape index (κ3) is 5.84. The second-order valence-electron chi connectivity index (χ2n) is 5.82. The van der Waals surface area contributed by atoms with Gasteiger partial charge in [-0.3, -0.25) is 4.90 Å². The number of hydrogen-bond acceptors (Lipinski definition) is 3. The predicted molar refractivity (Wildman–Crippen MR) is 73.2 cm³/mol. The quantitative estimate of drug-likeness (QED) is 0.648. The van der Waals surface area contributed by atoms with E-state index in [0.29, 0.717) is 18.6 Å². The van der Waals surface area contributed by atoms with E-state index >= 15 is 0 Å². The fraction of sp³-hybridized carbons (Fsp3) is 1.00. The molecule has 0 aromatic carbocycles. The molecule has 1 saturated carbocycles. The summed E-state index contributed by atoms with van der Waals surface area (Å²) in [6.07, 6.45) is 5.02. The Labute approximate surface area is 107 Å². The Bertz CT molecular complexity index is 193. The van der Waals surface area contributed by atoms with Crippen molar-refractivity contribution in [1.82, 2.24) is 10.2 Å². The molecule has 1 rings (SSSR count). The van der Waals surface area contributed by atoms with Gasteiger partial charge >= 0.3 is 0 Å². The zero-order valence-corrected chi connectivity index (χ0v) is 11.8. The lowest BCUT2D eigenvalue weighted by Gasteiger charge is -2.39. The second-order valence-corrected chi connectivity index (χ2v) is 5.82. The van der Waals surface area contributed by atoms with E-state index in [0.717, 1.165) is 25.6 Å². The van der Waals surface area contributed by atoms with Crippen LogP contribution in [-0.2, 0) is 0 Å². The van der Waals surface area contributed by atoms with E-state index in [1.54, 1.807) is 0 Å². The number of aliphatic hydroxyl groups is 1. The molecule has 1 fully saturated rings. The average molecular weight is 242 g/mol. The van der Waals surface area contributed by atoms with Crippen LogP contribution in [0.1, 0.15) is 46.5 Å². The highest BCUT2D eigenvalue weighted by atomic mass is 16.3. The summed E-state index contributed by atoms with van der Waals surface area (Å²) in [5, 5.41) is 12.5. The maximum atomic E-state index is 8.96. The van der Waals surface area contributed by atoms with E-state index in [9.17, 15) is 0 Å². The van der Waals surface area contributed by atoms with E-state index < -0.39 is 0 Å². The Morgan fingerprint density at radius 3 is 2.47 bits per heavy atom. The van der Waals surface area contributed by atoms with Crippen molar-refractivity contribution in [2.24, 2.45) is 5.92 Å². The van der Waals surface area contributed by atoms with Crippen molar-refractivity contribution >= 4 is 0 Å². The average Bonchev–Trinajstić information content (AvgIpc) is 2.20. The first kappa shape index (κ1) is 14.9. The lowest BCUT2D eigenvalue weighted by atomic mass is 9.90. The summed E-state index contributed by atoms with van der Waals surface area (Å²) in [5.74, 6) is 0.691. The molecule has 102 valence electrons. The van der Waals surface area contributed by atoms with Gasteiger partial charge in [-0.25, -0.2) is 0 Å². The van der Waals surface area contributed by atoms with Gasteiger partial charge in [-0.15, -0.1) is 0 Å². The van der Waals surface area contributed by atoms with Gasteiger partial charge in [0.2, 0.25) is 0 Å². The van der Waals surface area contributed by atoms with E-state index in [4.69, 9.17) is 5.11 Å². The van der Waals surface area contributed by atoms with Gasteiger partial charge in [-0.05, 0) is 31.7 Å². The van der Waals surface area contributed by atoms with E-state index in [1.165, 1.54) is 25.8 Å². The molecule has 1 aliphatic rings. The number of nitrogens with zero attached hydrogens (tertiary/aromatic N) is 1. The fourth-order valence-electron chi connectivity index (χ4n) is 2.35. The predicted octanol–water partition coefficient (Wildman–Crippen LogP) is 1.86. The SMILES string of the molecule is CC(CNC(C)C)CN(CCCO)C1CCC1. The minimum atomic E-state index is 0.321. The number of nitrogens with one attached hydrogen (secondary N) is 1. The highest BCUT2D eigenvalue weighted by Crippen LogP contribution is 2.25. The zero-order chi connectivity index (χ0) is 12.7. The Hall–Kier alpha value is -0.120. The maximum Gasteiger partial charge on any atom is 0.0443 e. The smallest absolute Gasteiger partial charge is 0.0443 e. The van der Waals surface area contributed by atoms with Crippen molar-refractivity contribution in [2.45, 2.75) is 58.5 Å². The molecule has 0 saturated heterocycles. The summed E-state index contributed by atoms with van der Waals surface area (Å²) in [4.78, 5) is 2.59. The van der Waals surface area contributed by atoms with Crippen LogP contribution in [0.5, 0.6) is 0 Å². The molecule has 0 aliphatic heterocycles. The Kier molecular flexibility index (Phi) is 7.09. The third-order valence-corrected chi connectivity index (χ3v) is 3.62. The van der Waals surface area contributed by atoms with Crippen LogP contribution in [0.3, 0.4) is 0 Å². The molecule has 1 aliphatic carbocycles. The van der Waals surface area contributed by atoms with E-state index in [2.05, 4.69) is 31.0 Å². The van der Waals surface area contributed by atoms with Crippen molar-refractivity contribution in [3.63, 3.8) is 0 Å². The van der Waals surface area contributed by atoms with Crippen LogP contribution in [0.4, 0.5) is 0 Å². The third-order valence-electron chi connectivity index (χ3n) is 3.62. The van der Waals surface area contributed by atoms with Gasteiger partial charge in [0.1, 0.15) is 0 Å². The number of hydrogen-bond donors (Lipinski definition) is 2. The lowest BCUT2D eigenvalue weighted by Crippen LogP contribution is -2.45. The summed E-state index contributed by atoms with van der Waals surface area (Å²) in [6, 6.07) is 1.37. The first-order valence-electron chi connectivity index (χ1n) is 7.21. The molecule has 17 heavy (non-hydrogen) atoms. The molecule has 0 radical (unpaired) electrons. The monoisotopic (exact) mass is 242 g/mol. The highest BCUT2D eigenvalue weighted by molar-refractivity contribution is 4.81. The summed E-state index contributed by atoms with van der Waals surface area (Å²) in [7, 11) is 0. The van der Waals surface area contributed by atoms with Gasteiger partial charge in [0.25, 0.3) is 0 Å². The van der Waals surface area contributed by atoms with Gasteiger partial charge in [-0.2, -0.15) is 0 Å². The standard InChI is InChI=1S/C14H30N2O/c1-12(2)15-10-13(3)11-16(8-5-9-17)14-6-4-7-14/h12-15,17H,4-11H2,1-3H3. The highest BCUT2D eigenvalue weighted by Gasteiger charge is 2.25. The first-order chi connectivity index (χ1) is 8.13. The normalized spacial score (nSPS) is 18.7. The maximum absolute atomic E-state index is 8.96. The second kappa shape index (κ2) is 8.06. The van der Waals surface area contributed by atoms with Gasteiger partial charge in [0.05, 0.1) is 0 Å². The minimum absolute atomic E-state index is 0.321. The van der Waals surface area contributed by atoms with Crippen molar-refractivity contribution < 1.29 is 5.11 Å². The van der Waals surface area contributed by atoms with E-state index in [-0.39, 0.29) is 0 Å². The molecule has 3 nitrogen and oxygen atoms in total. The van der Waals surface area contributed by atoms with Gasteiger partial charge in [-0.1, -0.05) is 27.2 Å². The van der Waals surface area contributed by atoms with Crippen molar-refractivity contribution in [3.05, 3.63) is 0 Å². The van der Waals surface area contributed by atoms with Crippen molar-refractivity contribution in [3.8, 4) is 0 Å². The summed E-state index contributed by atoms with van der Waals surface area (Å²) < 4.78 is 0. The molecule has 0 spiro atoms. The van der Waals surface area contributed by atoms with Crippen LogP contribution < -0.4 is 5.32 Å². The molecular formula is C14H30N2O. The first-order valence-corrected chi connectivity index (χ1v) is 7.21. The van der Waals surface area contributed by atoms with Crippen LogP contribution in [0.15, 0.2) is 0 Å². The largest absolute Gasteiger partial charge is 0.396 e. The van der Waals surface area contributed by atoms with E-state index in [1.807, 2.05) is 0 Å². The van der Waals surface area contributed by atoms with Crippen LogP contribution in [0.25, 0.3) is 0 Å². The Balaban J connectivity index is 2.25. The van der Waals surface area contributed by atoms with Crippen LogP contribution in [0, 0.1) is 5.92 Å². The molecule has 3 heteroatoms. The number of rotatable bonds is 9. The molecule has 2 N–H and O–H groups in total. The van der Waals surface area contributed by atoms with Gasteiger partial charge < -0.3 is 10.4 Å².